The molecule has 2 aromatic carbocycles. The number of aryl methyl sites for hydroxylation is 2. The topological polar surface area (TPSA) is 89.0 Å². The van der Waals surface area contributed by atoms with Gasteiger partial charge in [-0.05, 0) is 62.7 Å². The molecule has 0 unspecified atom stereocenters. The van der Waals surface area contributed by atoms with Crippen LogP contribution in [0, 0.1) is 13.8 Å². The molecule has 0 saturated carbocycles. The first-order chi connectivity index (χ1) is 15.8. The number of amides is 1. The molecule has 170 valence electrons. The van der Waals surface area contributed by atoms with Crippen molar-refractivity contribution in [2.75, 3.05) is 18.6 Å². The molecule has 7 nitrogen and oxygen atoms in total. The maximum atomic E-state index is 13.2. The minimum Gasteiger partial charge on any atom is -0.507 e. The average molecular weight is 465 g/mol. The molecule has 8 heteroatoms. The van der Waals surface area contributed by atoms with E-state index in [-0.39, 0.29) is 11.3 Å². The van der Waals surface area contributed by atoms with Crippen LogP contribution in [-0.2, 0) is 9.59 Å². The van der Waals surface area contributed by atoms with Crippen LogP contribution in [0.2, 0.25) is 0 Å². The molecule has 1 aromatic heterocycles. The fourth-order valence-electron chi connectivity index (χ4n) is 3.72. The predicted molar refractivity (Wildman–Crippen MR) is 127 cm³/mol. The Kier molecular flexibility index (Phi) is 6.20. The third kappa shape index (κ3) is 4.09. The standard InChI is InChI=1S/C25H24N2O5S/c1-5-32-19-12-8-17(9-13-19)22(28)20-21(16-6-10-18(31-4)11-7-16)27(24(30)23(20)29)25-26-14(2)15(3)33-25/h6-13,21,28H,5H2,1-4H3/b22-20+/t21-/m1/s1. The van der Waals surface area contributed by atoms with Crippen molar-refractivity contribution in [2.45, 2.75) is 26.8 Å². The van der Waals surface area contributed by atoms with Gasteiger partial charge in [0.25, 0.3) is 5.78 Å². The van der Waals surface area contributed by atoms with E-state index >= 15 is 0 Å². The Morgan fingerprint density at radius 3 is 2.24 bits per heavy atom. The zero-order chi connectivity index (χ0) is 23.7. The van der Waals surface area contributed by atoms with Gasteiger partial charge in [-0.2, -0.15) is 0 Å². The molecule has 1 fully saturated rings. The third-order valence-electron chi connectivity index (χ3n) is 5.54. The lowest BCUT2D eigenvalue weighted by Crippen LogP contribution is -2.29. The van der Waals surface area contributed by atoms with Gasteiger partial charge in [-0.15, -0.1) is 11.3 Å². The summed E-state index contributed by atoms with van der Waals surface area (Å²) in [4.78, 5) is 33.2. The number of aromatic nitrogens is 1. The number of ether oxygens (including phenoxy) is 2. The van der Waals surface area contributed by atoms with Crippen LogP contribution in [0.5, 0.6) is 11.5 Å². The Balaban J connectivity index is 1.88. The highest BCUT2D eigenvalue weighted by Gasteiger charge is 2.48. The van der Waals surface area contributed by atoms with E-state index in [0.717, 1.165) is 10.6 Å². The fraction of sp³-hybridized carbons (Fsp3) is 0.240. The van der Waals surface area contributed by atoms with Gasteiger partial charge in [0.15, 0.2) is 5.13 Å². The van der Waals surface area contributed by atoms with Crippen LogP contribution in [-0.4, -0.2) is 35.5 Å². The first-order valence-corrected chi connectivity index (χ1v) is 11.3. The molecular formula is C25H24N2O5S. The number of aliphatic hydroxyl groups is 1. The maximum absolute atomic E-state index is 13.2. The van der Waals surface area contributed by atoms with E-state index in [4.69, 9.17) is 9.47 Å². The summed E-state index contributed by atoms with van der Waals surface area (Å²) in [5.41, 5.74) is 1.88. The molecule has 1 atom stereocenters. The average Bonchev–Trinajstić information content (AvgIpc) is 3.29. The molecule has 0 radical (unpaired) electrons. The smallest absolute Gasteiger partial charge is 0.301 e. The van der Waals surface area contributed by atoms with Crippen molar-refractivity contribution in [3.05, 3.63) is 75.8 Å². The van der Waals surface area contributed by atoms with Gasteiger partial charge in [0.2, 0.25) is 0 Å². The minimum atomic E-state index is -0.826. The van der Waals surface area contributed by atoms with Crippen LogP contribution in [0.3, 0.4) is 0 Å². The van der Waals surface area contributed by atoms with E-state index < -0.39 is 17.7 Å². The Morgan fingerprint density at radius 2 is 1.70 bits per heavy atom. The minimum absolute atomic E-state index is 0.0137. The largest absolute Gasteiger partial charge is 0.507 e. The Morgan fingerprint density at radius 1 is 1.06 bits per heavy atom. The first-order valence-electron chi connectivity index (χ1n) is 10.5. The van der Waals surface area contributed by atoms with Gasteiger partial charge in [-0.3, -0.25) is 14.5 Å². The van der Waals surface area contributed by atoms with Gasteiger partial charge in [0, 0.05) is 10.4 Å². The molecule has 0 bridgehead atoms. The van der Waals surface area contributed by atoms with Crippen LogP contribution in [0.25, 0.3) is 5.76 Å². The zero-order valence-electron chi connectivity index (χ0n) is 18.8. The van der Waals surface area contributed by atoms with Crippen LogP contribution < -0.4 is 14.4 Å². The molecule has 2 heterocycles. The van der Waals surface area contributed by atoms with E-state index in [9.17, 15) is 14.7 Å². The number of ketones is 1. The summed E-state index contributed by atoms with van der Waals surface area (Å²) in [6.07, 6.45) is 0. The summed E-state index contributed by atoms with van der Waals surface area (Å²) in [5, 5.41) is 11.6. The van der Waals surface area contributed by atoms with Crippen molar-refractivity contribution >= 4 is 33.9 Å². The van der Waals surface area contributed by atoms with Gasteiger partial charge >= 0.3 is 5.91 Å². The lowest BCUT2D eigenvalue weighted by molar-refractivity contribution is -0.132. The fourth-order valence-corrected chi connectivity index (χ4v) is 4.66. The second-order valence-corrected chi connectivity index (χ2v) is 8.72. The number of aliphatic hydroxyl groups excluding tert-OH is 1. The van der Waals surface area contributed by atoms with Crippen molar-refractivity contribution in [1.29, 1.82) is 0 Å². The molecule has 1 amide bonds. The molecule has 1 aliphatic heterocycles. The van der Waals surface area contributed by atoms with Crippen molar-refractivity contribution in [3.63, 3.8) is 0 Å². The zero-order valence-corrected chi connectivity index (χ0v) is 19.6. The molecule has 0 spiro atoms. The highest BCUT2D eigenvalue weighted by atomic mass is 32.1. The van der Waals surface area contributed by atoms with Crippen LogP contribution in [0.4, 0.5) is 5.13 Å². The number of hydrogen-bond acceptors (Lipinski definition) is 7. The van der Waals surface area contributed by atoms with Gasteiger partial charge in [0.05, 0.1) is 31.0 Å². The third-order valence-corrected chi connectivity index (χ3v) is 6.61. The van der Waals surface area contributed by atoms with Crippen LogP contribution in [0.15, 0.2) is 54.1 Å². The SMILES string of the molecule is CCOc1ccc(/C(O)=C2\C(=O)C(=O)N(c3nc(C)c(C)s3)[C@@H]2c2ccc(OC)cc2)cc1. The Bertz CT molecular complexity index is 1210. The Labute approximate surface area is 195 Å². The maximum Gasteiger partial charge on any atom is 0.301 e. The number of methoxy groups -OCH3 is 1. The highest BCUT2D eigenvalue weighted by molar-refractivity contribution is 7.16. The lowest BCUT2D eigenvalue weighted by atomic mass is 9.95. The molecule has 3 aromatic rings. The number of nitrogens with zero attached hydrogens (tertiary/aromatic N) is 2. The molecule has 0 aliphatic carbocycles. The molecule has 1 aliphatic rings. The predicted octanol–water partition coefficient (Wildman–Crippen LogP) is 4.79. The number of carbonyl (C=O) groups excluding carboxylic acids is 2. The monoisotopic (exact) mass is 464 g/mol. The number of anilines is 1. The molecule has 4 rings (SSSR count). The molecular weight excluding hydrogens is 440 g/mol. The number of Topliss-reactive ketones (excluding diaryl/α,β-unsaturated/α-hetero) is 1. The van der Waals surface area contributed by atoms with E-state index in [1.807, 2.05) is 20.8 Å². The normalized spacial score (nSPS) is 17.5. The van der Waals surface area contributed by atoms with Crippen molar-refractivity contribution in [2.24, 2.45) is 0 Å². The van der Waals surface area contributed by atoms with Gasteiger partial charge in [-0.25, -0.2) is 4.98 Å². The van der Waals surface area contributed by atoms with Crippen LogP contribution >= 0.6 is 11.3 Å². The summed E-state index contributed by atoms with van der Waals surface area (Å²) in [6, 6.07) is 13.0. The molecule has 1 N–H and O–H groups in total. The Hall–Kier alpha value is -3.65. The second kappa shape index (κ2) is 9.07. The second-order valence-electron chi connectivity index (χ2n) is 7.54. The first kappa shape index (κ1) is 22.5. The van der Waals surface area contributed by atoms with E-state index in [0.29, 0.717) is 34.4 Å². The highest BCUT2D eigenvalue weighted by Crippen LogP contribution is 2.44. The molecule has 33 heavy (non-hydrogen) atoms. The van der Waals surface area contributed by atoms with E-state index in [2.05, 4.69) is 4.98 Å². The van der Waals surface area contributed by atoms with Crippen molar-refractivity contribution in [3.8, 4) is 11.5 Å². The number of hydrogen-bond donors (Lipinski definition) is 1. The summed E-state index contributed by atoms with van der Waals surface area (Å²) in [6.45, 7) is 6.16. The quantitative estimate of drug-likeness (QED) is 0.320. The lowest BCUT2D eigenvalue weighted by Gasteiger charge is -2.23. The van der Waals surface area contributed by atoms with Crippen molar-refractivity contribution < 1.29 is 24.2 Å². The number of carbonyl (C=O) groups is 2. The van der Waals surface area contributed by atoms with Gasteiger partial charge in [0.1, 0.15) is 17.3 Å². The van der Waals surface area contributed by atoms with E-state index in [1.54, 1.807) is 55.6 Å². The molecule has 1 saturated heterocycles. The summed E-state index contributed by atoms with van der Waals surface area (Å²) >= 11 is 1.34. The summed E-state index contributed by atoms with van der Waals surface area (Å²) in [5.74, 6) is -0.437. The number of thiazole rings is 1. The van der Waals surface area contributed by atoms with Gasteiger partial charge in [-0.1, -0.05) is 12.1 Å². The van der Waals surface area contributed by atoms with Crippen LogP contribution in [0.1, 0.15) is 34.7 Å². The van der Waals surface area contributed by atoms with Gasteiger partial charge < -0.3 is 14.6 Å². The summed E-state index contributed by atoms with van der Waals surface area (Å²) < 4.78 is 10.7. The summed E-state index contributed by atoms with van der Waals surface area (Å²) in [7, 11) is 1.56. The van der Waals surface area contributed by atoms with E-state index in [1.165, 1.54) is 16.2 Å². The van der Waals surface area contributed by atoms with Crippen molar-refractivity contribution in [1.82, 2.24) is 4.98 Å². The number of benzene rings is 2. The number of rotatable bonds is 6.